The lowest BCUT2D eigenvalue weighted by Crippen LogP contribution is -2.09. The van der Waals surface area contributed by atoms with Gasteiger partial charge in [0.15, 0.2) is 0 Å². The van der Waals surface area contributed by atoms with Crippen LogP contribution in [0.2, 0.25) is 0 Å². The van der Waals surface area contributed by atoms with Crippen LogP contribution in [-0.4, -0.2) is 17.7 Å². The maximum absolute atomic E-state index is 11.8. The summed E-state index contributed by atoms with van der Waals surface area (Å²) >= 11 is 0. The number of ether oxygens (including phenoxy) is 1. The van der Waals surface area contributed by atoms with E-state index in [1.807, 2.05) is 0 Å². The van der Waals surface area contributed by atoms with Crippen LogP contribution in [0, 0.1) is 0 Å². The molecule has 1 aromatic carbocycles. The van der Waals surface area contributed by atoms with E-state index in [1.54, 1.807) is 24.3 Å². The van der Waals surface area contributed by atoms with Gasteiger partial charge >= 0.3 is 5.97 Å². The lowest BCUT2D eigenvalue weighted by Gasteiger charge is -2.06. The molecule has 0 saturated heterocycles. The molecule has 0 saturated carbocycles. The first-order chi connectivity index (χ1) is 15.2. The van der Waals surface area contributed by atoms with Gasteiger partial charge in [-0.1, -0.05) is 128 Å². The number of carbonyl (C=O) groups is 1. The van der Waals surface area contributed by atoms with E-state index >= 15 is 0 Å². The summed E-state index contributed by atoms with van der Waals surface area (Å²) in [4.78, 5) is 11.8. The maximum Gasteiger partial charge on any atom is 0.310 e. The Kier molecular flexibility index (Phi) is 18.1. The zero-order chi connectivity index (χ0) is 22.4. The number of phenolic OH excluding ortho intramolecular Hbond substituents is 1. The highest BCUT2D eigenvalue weighted by Gasteiger charge is 2.04. The lowest BCUT2D eigenvalue weighted by molar-refractivity contribution is -0.142. The quantitative estimate of drug-likeness (QED) is 0.156. The highest BCUT2D eigenvalue weighted by molar-refractivity contribution is 5.72. The fraction of sp³-hybridized carbons (Fsp3) is 0.750. The fourth-order valence-electron chi connectivity index (χ4n) is 4.02. The number of rotatable bonds is 21. The molecule has 0 bridgehead atoms. The van der Waals surface area contributed by atoms with Crippen LogP contribution in [0.15, 0.2) is 24.3 Å². The van der Waals surface area contributed by atoms with Crippen LogP contribution in [0.1, 0.15) is 128 Å². The van der Waals surface area contributed by atoms with E-state index in [9.17, 15) is 9.90 Å². The van der Waals surface area contributed by atoms with Crippen LogP contribution < -0.4 is 0 Å². The van der Waals surface area contributed by atoms with Crippen molar-refractivity contribution in [3.05, 3.63) is 29.8 Å². The Labute approximate surface area is 192 Å². The maximum atomic E-state index is 11.8. The molecule has 0 heterocycles. The van der Waals surface area contributed by atoms with Gasteiger partial charge in [0.1, 0.15) is 5.75 Å². The Morgan fingerprint density at radius 3 is 1.45 bits per heavy atom. The van der Waals surface area contributed by atoms with E-state index in [0.29, 0.717) is 6.61 Å². The topological polar surface area (TPSA) is 46.5 Å². The van der Waals surface area contributed by atoms with Crippen molar-refractivity contribution in [3.8, 4) is 5.75 Å². The second kappa shape index (κ2) is 20.4. The van der Waals surface area contributed by atoms with Gasteiger partial charge in [0, 0.05) is 0 Å². The highest BCUT2D eigenvalue weighted by Crippen LogP contribution is 2.14. The molecule has 0 unspecified atom stereocenters. The molecular weight excluding hydrogens is 384 g/mol. The smallest absolute Gasteiger partial charge is 0.310 e. The first kappa shape index (κ1) is 27.5. The van der Waals surface area contributed by atoms with Crippen LogP contribution in [0.5, 0.6) is 5.75 Å². The highest BCUT2D eigenvalue weighted by atomic mass is 16.5. The summed E-state index contributed by atoms with van der Waals surface area (Å²) in [6, 6.07) is 6.71. The molecular formula is C28H48O3. The number of phenols is 1. The van der Waals surface area contributed by atoms with Crippen LogP contribution >= 0.6 is 0 Å². The van der Waals surface area contributed by atoms with Gasteiger partial charge in [0.05, 0.1) is 13.0 Å². The third-order valence-corrected chi connectivity index (χ3v) is 6.05. The molecule has 3 nitrogen and oxygen atoms in total. The number of hydrogen-bond donors (Lipinski definition) is 1. The second-order valence-corrected chi connectivity index (χ2v) is 9.07. The van der Waals surface area contributed by atoms with Gasteiger partial charge in [0.25, 0.3) is 0 Å². The Hall–Kier alpha value is -1.51. The van der Waals surface area contributed by atoms with Gasteiger partial charge in [-0.05, 0) is 24.1 Å². The molecule has 1 rings (SSSR count). The molecule has 0 atom stereocenters. The molecule has 3 heteroatoms. The average molecular weight is 433 g/mol. The summed E-state index contributed by atoms with van der Waals surface area (Å²) in [6.45, 7) is 2.81. The minimum Gasteiger partial charge on any atom is -0.508 e. The van der Waals surface area contributed by atoms with Crippen LogP contribution in [-0.2, 0) is 16.0 Å². The van der Waals surface area contributed by atoms with Gasteiger partial charge in [-0.25, -0.2) is 0 Å². The molecule has 0 aliphatic carbocycles. The molecule has 1 aromatic rings. The molecule has 0 fully saturated rings. The zero-order valence-corrected chi connectivity index (χ0v) is 20.2. The molecule has 31 heavy (non-hydrogen) atoms. The molecule has 0 aliphatic rings. The first-order valence-corrected chi connectivity index (χ1v) is 13.2. The molecule has 0 spiro atoms. The predicted molar refractivity (Wildman–Crippen MR) is 132 cm³/mol. The van der Waals surface area contributed by atoms with Crippen molar-refractivity contribution in [2.24, 2.45) is 0 Å². The number of benzene rings is 1. The Morgan fingerprint density at radius 2 is 1.03 bits per heavy atom. The standard InChI is InChI=1S/C28H48O3/c1-2-3-4-5-6-7-8-9-10-11-12-13-14-15-16-17-18-19-24-31-28(30)25-26-20-22-27(29)23-21-26/h20-23,29H,2-19,24-25H2,1H3. The van der Waals surface area contributed by atoms with Crippen molar-refractivity contribution in [3.63, 3.8) is 0 Å². The van der Waals surface area contributed by atoms with Crippen molar-refractivity contribution in [1.29, 1.82) is 0 Å². The Morgan fingerprint density at radius 1 is 0.645 bits per heavy atom. The minimum atomic E-state index is -0.183. The third kappa shape index (κ3) is 17.8. The number of unbranched alkanes of at least 4 members (excludes halogenated alkanes) is 17. The summed E-state index contributed by atoms with van der Waals surface area (Å²) in [5, 5.41) is 9.25. The van der Waals surface area contributed by atoms with E-state index in [2.05, 4.69) is 6.92 Å². The molecule has 178 valence electrons. The van der Waals surface area contributed by atoms with E-state index in [-0.39, 0.29) is 18.1 Å². The third-order valence-electron chi connectivity index (χ3n) is 6.05. The van der Waals surface area contributed by atoms with Crippen molar-refractivity contribution < 1.29 is 14.6 Å². The van der Waals surface area contributed by atoms with Crippen LogP contribution in [0.25, 0.3) is 0 Å². The van der Waals surface area contributed by atoms with Crippen LogP contribution in [0.4, 0.5) is 0 Å². The van der Waals surface area contributed by atoms with E-state index in [4.69, 9.17) is 4.74 Å². The predicted octanol–water partition coefficient (Wildman–Crippen LogP) is 8.52. The van der Waals surface area contributed by atoms with E-state index in [0.717, 1.165) is 18.4 Å². The molecule has 1 N–H and O–H groups in total. The number of esters is 1. The summed E-state index contributed by atoms with van der Waals surface area (Å²) in [5.41, 5.74) is 0.876. The minimum absolute atomic E-state index is 0.183. The van der Waals surface area contributed by atoms with Gasteiger partial charge in [-0.15, -0.1) is 0 Å². The molecule has 0 radical (unpaired) electrons. The summed E-state index contributed by atoms with van der Waals surface area (Å²) in [7, 11) is 0. The van der Waals surface area contributed by atoms with Gasteiger partial charge in [-0.2, -0.15) is 0 Å². The summed E-state index contributed by atoms with van der Waals surface area (Å²) in [6.07, 6.45) is 24.7. The van der Waals surface area contributed by atoms with Crippen LogP contribution in [0.3, 0.4) is 0 Å². The fourth-order valence-corrected chi connectivity index (χ4v) is 4.02. The lowest BCUT2D eigenvalue weighted by atomic mass is 10.0. The second-order valence-electron chi connectivity index (χ2n) is 9.07. The Bertz CT molecular complexity index is 524. The van der Waals surface area contributed by atoms with Crippen molar-refractivity contribution in [1.82, 2.24) is 0 Å². The van der Waals surface area contributed by atoms with Crippen molar-refractivity contribution >= 4 is 5.97 Å². The zero-order valence-electron chi connectivity index (χ0n) is 20.2. The monoisotopic (exact) mass is 432 g/mol. The van der Waals surface area contributed by atoms with Gasteiger partial charge < -0.3 is 9.84 Å². The summed E-state index contributed by atoms with van der Waals surface area (Å²) in [5.74, 6) is 0.0357. The number of carbonyl (C=O) groups excluding carboxylic acids is 1. The molecule has 0 amide bonds. The van der Waals surface area contributed by atoms with E-state index < -0.39 is 0 Å². The van der Waals surface area contributed by atoms with E-state index in [1.165, 1.54) is 103 Å². The summed E-state index contributed by atoms with van der Waals surface area (Å²) < 4.78 is 5.30. The normalized spacial score (nSPS) is 11.0. The molecule has 0 aromatic heterocycles. The first-order valence-electron chi connectivity index (χ1n) is 13.2. The molecule has 0 aliphatic heterocycles. The van der Waals surface area contributed by atoms with Crippen molar-refractivity contribution in [2.45, 2.75) is 129 Å². The Balaban J connectivity index is 1.75. The van der Waals surface area contributed by atoms with Gasteiger partial charge in [-0.3, -0.25) is 4.79 Å². The number of aromatic hydroxyl groups is 1. The van der Waals surface area contributed by atoms with Gasteiger partial charge in [0.2, 0.25) is 0 Å². The average Bonchev–Trinajstić information content (AvgIpc) is 2.77. The SMILES string of the molecule is CCCCCCCCCCCCCCCCCCCCOC(=O)Cc1ccc(O)cc1. The van der Waals surface area contributed by atoms with Crippen molar-refractivity contribution in [2.75, 3.05) is 6.61 Å². The largest absolute Gasteiger partial charge is 0.508 e. The number of hydrogen-bond acceptors (Lipinski definition) is 3.